The summed E-state index contributed by atoms with van der Waals surface area (Å²) >= 11 is 0. The smallest absolute Gasteiger partial charge is 0.258 e. The molecule has 1 aromatic rings. The van der Waals surface area contributed by atoms with Crippen LogP contribution in [0.15, 0.2) is 30.6 Å². The summed E-state index contributed by atoms with van der Waals surface area (Å²) in [6.45, 7) is 3.69. The largest absolute Gasteiger partial charge is 0.447 e. The van der Waals surface area contributed by atoms with Crippen molar-refractivity contribution in [3.63, 3.8) is 0 Å². The van der Waals surface area contributed by atoms with E-state index in [1.54, 1.807) is 0 Å². The average Bonchev–Trinajstić information content (AvgIpc) is 3.51. The van der Waals surface area contributed by atoms with Crippen molar-refractivity contribution in [2.24, 2.45) is 0 Å². The number of nitrogens with one attached hydrogen (secondary N) is 3. The Balaban J connectivity index is 0.00000205. The lowest BCUT2D eigenvalue weighted by atomic mass is 9.96. The monoisotopic (exact) mass is 421 g/mol. The molecular formula is C21H32ClN5O2. The van der Waals surface area contributed by atoms with Crippen LogP contribution in [0.3, 0.4) is 0 Å². The van der Waals surface area contributed by atoms with Crippen LogP contribution in [0, 0.1) is 0 Å². The van der Waals surface area contributed by atoms with Gasteiger partial charge in [0.2, 0.25) is 0 Å². The van der Waals surface area contributed by atoms with Gasteiger partial charge in [-0.3, -0.25) is 10.00 Å². The van der Waals surface area contributed by atoms with Gasteiger partial charge in [-0.15, -0.1) is 12.4 Å². The Kier molecular flexibility index (Phi) is 6.49. The molecule has 3 fully saturated rings. The molecule has 29 heavy (non-hydrogen) atoms. The Bertz CT molecular complexity index is 735. The number of piperidine rings is 1. The standard InChI is InChI=1S/C21H31N5O2.ClH/c1-2-10-23-21(9-1,24-17-5-11-22-12-6-17)28-19-15-26(18-3-4-18)25-20(19)16-7-13-27-14-8-16;/h1-2,9-10,15-18,22-24H,3-8,11-14H2;1H. The maximum Gasteiger partial charge on any atom is 0.258 e. The minimum absolute atomic E-state index is 0. The zero-order chi connectivity index (χ0) is 18.8. The van der Waals surface area contributed by atoms with E-state index in [2.05, 4.69) is 32.9 Å². The highest BCUT2D eigenvalue weighted by Crippen LogP contribution is 2.40. The first-order chi connectivity index (χ1) is 13.8. The van der Waals surface area contributed by atoms with Crippen LogP contribution in [-0.2, 0) is 4.74 Å². The lowest BCUT2D eigenvalue weighted by molar-refractivity contribution is 0.0383. The molecule has 0 aromatic carbocycles. The van der Waals surface area contributed by atoms with Crippen LogP contribution in [0.1, 0.15) is 56.2 Å². The lowest BCUT2D eigenvalue weighted by Crippen LogP contribution is -2.63. The fourth-order valence-electron chi connectivity index (χ4n) is 4.34. The van der Waals surface area contributed by atoms with E-state index in [1.807, 2.05) is 18.4 Å². The van der Waals surface area contributed by atoms with Crippen molar-refractivity contribution in [3.8, 4) is 5.75 Å². The molecule has 0 bridgehead atoms. The van der Waals surface area contributed by atoms with Crippen LogP contribution in [-0.4, -0.2) is 48.0 Å². The molecule has 1 atom stereocenters. The van der Waals surface area contributed by atoms with E-state index >= 15 is 0 Å². The number of dihydropyridines is 1. The van der Waals surface area contributed by atoms with Gasteiger partial charge in [-0.25, -0.2) is 0 Å². The Labute approximate surface area is 178 Å². The molecule has 1 unspecified atom stereocenters. The molecule has 3 aliphatic heterocycles. The van der Waals surface area contributed by atoms with Crippen LogP contribution >= 0.6 is 12.4 Å². The Hall–Kier alpha value is -1.54. The van der Waals surface area contributed by atoms with Crippen molar-refractivity contribution in [1.82, 2.24) is 25.7 Å². The van der Waals surface area contributed by atoms with E-state index in [0.717, 1.165) is 63.4 Å². The van der Waals surface area contributed by atoms with Crippen molar-refractivity contribution in [1.29, 1.82) is 0 Å². The van der Waals surface area contributed by atoms with Gasteiger partial charge in [0.25, 0.3) is 5.85 Å². The van der Waals surface area contributed by atoms with Crippen LogP contribution < -0.4 is 20.7 Å². The van der Waals surface area contributed by atoms with Crippen molar-refractivity contribution in [3.05, 3.63) is 36.3 Å². The van der Waals surface area contributed by atoms with Crippen LogP contribution in [0.2, 0.25) is 0 Å². The number of nitrogens with zero attached hydrogens (tertiary/aromatic N) is 2. The van der Waals surface area contributed by atoms with Gasteiger partial charge in [0, 0.05) is 31.4 Å². The molecule has 4 aliphatic rings. The zero-order valence-corrected chi connectivity index (χ0v) is 17.6. The molecule has 160 valence electrons. The summed E-state index contributed by atoms with van der Waals surface area (Å²) < 4.78 is 14.4. The maximum absolute atomic E-state index is 6.68. The molecule has 0 radical (unpaired) electrons. The number of ether oxygens (including phenoxy) is 2. The van der Waals surface area contributed by atoms with Gasteiger partial charge in [0.15, 0.2) is 5.75 Å². The van der Waals surface area contributed by atoms with Crippen LogP contribution in [0.5, 0.6) is 5.75 Å². The average molecular weight is 422 g/mol. The molecule has 4 heterocycles. The van der Waals surface area contributed by atoms with E-state index in [9.17, 15) is 0 Å². The summed E-state index contributed by atoms with van der Waals surface area (Å²) in [4.78, 5) is 0. The van der Waals surface area contributed by atoms with Gasteiger partial charge in [-0.05, 0) is 63.8 Å². The predicted molar refractivity (Wildman–Crippen MR) is 114 cm³/mol. The third-order valence-electron chi connectivity index (χ3n) is 6.12. The molecule has 7 nitrogen and oxygen atoms in total. The first-order valence-corrected chi connectivity index (χ1v) is 10.8. The van der Waals surface area contributed by atoms with Crippen molar-refractivity contribution in [2.75, 3.05) is 26.3 Å². The quantitative estimate of drug-likeness (QED) is 0.613. The molecule has 0 spiro atoms. The normalized spacial score (nSPS) is 28.0. The third-order valence-corrected chi connectivity index (χ3v) is 6.12. The molecule has 3 N–H and O–H groups in total. The Morgan fingerprint density at radius 1 is 1.10 bits per heavy atom. The third kappa shape index (κ3) is 4.79. The second-order valence-corrected chi connectivity index (χ2v) is 8.35. The number of aromatic nitrogens is 2. The zero-order valence-electron chi connectivity index (χ0n) is 16.8. The molecule has 1 aliphatic carbocycles. The number of halogens is 1. The van der Waals surface area contributed by atoms with E-state index in [4.69, 9.17) is 14.6 Å². The molecule has 0 amide bonds. The van der Waals surface area contributed by atoms with Crippen molar-refractivity contribution < 1.29 is 9.47 Å². The Morgan fingerprint density at radius 2 is 1.90 bits per heavy atom. The molecule has 8 heteroatoms. The van der Waals surface area contributed by atoms with E-state index < -0.39 is 5.85 Å². The Morgan fingerprint density at radius 3 is 2.59 bits per heavy atom. The van der Waals surface area contributed by atoms with Crippen LogP contribution in [0.4, 0.5) is 0 Å². The maximum atomic E-state index is 6.68. The second kappa shape index (κ2) is 9.08. The van der Waals surface area contributed by atoms with Crippen LogP contribution in [0.25, 0.3) is 0 Å². The topological polar surface area (TPSA) is 72.4 Å². The SMILES string of the molecule is C1=CNC(NC2CCNCC2)(Oc2cn(C3CC3)nc2C2CCOCC2)C=C1.Cl. The van der Waals surface area contributed by atoms with Gasteiger partial charge in [0.05, 0.1) is 12.2 Å². The second-order valence-electron chi connectivity index (χ2n) is 8.35. The van der Waals surface area contributed by atoms with Crippen molar-refractivity contribution >= 4 is 12.4 Å². The number of allylic oxidation sites excluding steroid dienone is 2. The molecule has 2 saturated heterocycles. The molecule has 1 aromatic heterocycles. The predicted octanol–water partition coefficient (Wildman–Crippen LogP) is 2.58. The first kappa shape index (κ1) is 20.7. The minimum atomic E-state index is -0.728. The minimum Gasteiger partial charge on any atom is -0.447 e. The highest BCUT2D eigenvalue weighted by Gasteiger charge is 2.36. The van der Waals surface area contributed by atoms with E-state index in [1.165, 1.54) is 12.8 Å². The van der Waals surface area contributed by atoms with Gasteiger partial charge < -0.3 is 20.1 Å². The summed E-state index contributed by atoms with van der Waals surface area (Å²) in [7, 11) is 0. The fraction of sp³-hybridized carbons (Fsp3) is 0.667. The summed E-state index contributed by atoms with van der Waals surface area (Å²) in [5, 5.41) is 15.6. The summed E-state index contributed by atoms with van der Waals surface area (Å²) in [5.74, 6) is 0.573. The highest BCUT2D eigenvalue weighted by molar-refractivity contribution is 5.85. The van der Waals surface area contributed by atoms with E-state index in [-0.39, 0.29) is 12.4 Å². The summed E-state index contributed by atoms with van der Waals surface area (Å²) in [6.07, 6.45) is 16.8. The molecule has 1 saturated carbocycles. The number of rotatable bonds is 6. The van der Waals surface area contributed by atoms with Gasteiger partial charge >= 0.3 is 0 Å². The van der Waals surface area contributed by atoms with Gasteiger partial charge in [-0.1, -0.05) is 6.08 Å². The number of hydrogen-bond acceptors (Lipinski definition) is 6. The summed E-state index contributed by atoms with van der Waals surface area (Å²) in [6, 6.07) is 0.953. The summed E-state index contributed by atoms with van der Waals surface area (Å²) in [5.41, 5.74) is 1.09. The van der Waals surface area contributed by atoms with Gasteiger partial charge in [0.1, 0.15) is 5.69 Å². The molecule has 5 rings (SSSR count). The fourth-order valence-corrected chi connectivity index (χ4v) is 4.34. The lowest BCUT2D eigenvalue weighted by Gasteiger charge is -2.38. The highest BCUT2D eigenvalue weighted by atomic mass is 35.5. The number of hydrogen-bond donors (Lipinski definition) is 3. The molecular weight excluding hydrogens is 390 g/mol. The van der Waals surface area contributed by atoms with E-state index in [0.29, 0.717) is 18.0 Å². The van der Waals surface area contributed by atoms with Gasteiger partial charge in [-0.2, -0.15) is 5.10 Å². The van der Waals surface area contributed by atoms with Crippen molar-refractivity contribution in [2.45, 2.75) is 62.4 Å². The first-order valence-electron chi connectivity index (χ1n) is 10.8.